The van der Waals surface area contributed by atoms with Crippen LogP contribution in [0.15, 0.2) is 18.5 Å². The van der Waals surface area contributed by atoms with E-state index in [1.807, 2.05) is 0 Å². The first-order valence-corrected chi connectivity index (χ1v) is 4.82. The molecule has 0 amide bonds. The number of aromatic nitrogens is 1. The summed E-state index contributed by atoms with van der Waals surface area (Å²) in [6.07, 6.45) is 4.98. The summed E-state index contributed by atoms with van der Waals surface area (Å²) < 4.78 is 18.3. The first-order valence-electron chi connectivity index (χ1n) is 4.82. The second-order valence-corrected chi connectivity index (χ2v) is 3.43. The molecule has 14 heavy (non-hydrogen) atoms. The summed E-state index contributed by atoms with van der Waals surface area (Å²) in [6, 6.07) is 1.36. The van der Waals surface area contributed by atoms with Gasteiger partial charge in [0.25, 0.3) is 0 Å². The summed E-state index contributed by atoms with van der Waals surface area (Å²) in [6.45, 7) is 1.87. The van der Waals surface area contributed by atoms with Gasteiger partial charge in [0.2, 0.25) is 0 Å². The number of ether oxygens (including phenoxy) is 1. The zero-order valence-electron chi connectivity index (χ0n) is 7.87. The fraction of sp³-hybridized carbons (Fsp3) is 0.500. The zero-order valence-corrected chi connectivity index (χ0v) is 7.87. The Morgan fingerprint density at radius 2 is 2.43 bits per heavy atom. The molecule has 0 saturated carbocycles. The molecule has 4 heteroatoms. The Morgan fingerprint density at radius 3 is 3.14 bits per heavy atom. The molecule has 0 unspecified atom stereocenters. The minimum Gasteiger partial charge on any atom is -0.487 e. The van der Waals surface area contributed by atoms with E-state index in [0.29, 0.717) is 5.75 Å². The summed E-state index contributed by atoms with van der Waals surface area (Å²) in [5.74, 6) is 0.157. The van der Waals surface area contributed by atoms with Crippen LogP contribution in [0.3, 0.4) is 0 Å². The minimum absolute atomic E-state index is 0.146. The highest BCUT2D eigenvalue weighted by Gasteiger charge is 2.14. The smallest absolute Gasteiger partial charge is 0.145 e. The van der Waals surface area contributed by atoms with Crippen LogP contribution < -0.4 is 10.1 Å². The van der Waals surface area contributed by atoms with Crippen LogP contribution in [0.5, 0.6) is 5.75 Å². The molecular formula is C10H13FN2O. The van der Waals surface area contributed by atoms with Gasteiger partial charge in [0.15, 0.2) is 0 Å². The van der Waals surface area contributed by atoms with E-state index in [2.05, 4.69) is 10.3 Å². The number of nitrogens with zero attached hydrogens (tertiary/aromatic N) is 1. The molecular weight excluding hydrogens is 183 g/mol. The van der Waals surface area contributed by atoms with E-state index in [-0.39, 0.29) is 11.9 Å². The summed E-state index contributed by atoms with van der Waals surface area (Å²) in [5.41, 5.74) is 0. The van der Waals surface area contributed by atoms with Crippen molar-refractivity contribution in [2.24, 2.45) is 0 Å². The first-order chi connectivity index (χ1) is 6.84. The molecule has 1 aliphatic rings. The molecule has 1 aliphatic heterocycles. The lowest BCUT2D eigenvalue weighted by atomic mass is 10.1. The van der Waals surface area contributed by atoms with Crippen molar-refractivity contribution in [3.8, 4) is 5.75 Å². The Labute approximate surface area is 82.3 Å². The highest BCUT2D eigenvalue weighted by Crippen LogP contribution is 2.15. The number of hydrogen-bond acceptors (Lipinski definition) is 3. The third kappa shape index (κ3) is 2.42. The molecule has 76 valence electrons. The average molecular weight is 196 g/mol. The summed E-state index contributed by atoms with van der Waals surface area (Å²) >= 11 is 0. The number of piperidine rings is 1. The van der Waals surface area contributed by atoms with Gasteiger partial charge in [-0.3, -0.25) is 4.98 Å². The molecule has 0 spiro atoms. The van der Waals surface area contributed by atoms with Gasteiger partial charge >= 0.3 is 0 Å². The van der Waals surface area contributed by atoms with Gasteiger partial charge in [-0.2, -0.15) is 0 Å². The van der Waals surface area contributed by atoms with E-state index >= 15 is 0 Å². The van der Waals surface area contributed by atoms with E-state index in [4.69, 9.17) is 4.74 Å². The maximum Gasteiger partial charge on any atom is 0.145 e. The molecule has 1 fully saturated rings. The molecule has 3 nitrogen and oxygen atoms in total. The van der Waals surface area contributed by atoms with Gasteiger partial charge < -0.3 is 10.1 Å². The van der Waals surface area contributed by atoms with Crippen molar-refractivity contribution in [1.29, 1.82) is 0 Å². The Hall–Kier alpha value is -1.16. The second kappa shape index (κ2) is 4.37. The highest BCUT2D eigenvalue weighted by atomic mass is 19.1. The van der Waals surface area contributed by atoms with Crippen LogP contribution in [0.4, 0.5) is 4.39 Å². The standard InChI is InChI=1S/C10H13FN2O/c11-8-4-10(7-13-5-8)14-9-2-1-3-12-6-9/h4-5,7,9,12H,1-3,6H2/t9-/m0/s1. The van der Waals surface area contributed by atoms with E-state index in [1.165, 1.54) is 18.5 Å². The number of halogens is 1. The van der Waals surface area contributed by atoms with Gasteiger partial charge in [-0.1, -0.05) is 0 Å². The monoisotopic (exact) mass is 196 g/mol. The van der Waals surface area contributed by atoms with Gasteiger partial charge in [0.1, 0.15) is 17.7 Å². The van der Waals surface area contributed by atoms with Crippen LogP contribution in [-0.4, -0.2) is 24.2 Å². The fourth-order valence-electron chi connectivity index (χ4n) is 1.57. The normalized spacial score (nSPS) is 21.9. The van der Waals surface area contributed by atoms with Crippen molar-refractivity contribution >= 4 is 0 Å². The van der Waals surface area contributed by atoms with Gasteiger partial charge in [-0.25, -0.2) is 4.39 Å². The second-order valence-electron chi connectivity index (χ2n) is 3.43. The fourth-order valence-corrected chi connectivity index (χ4v) is 1.57. The van der Waals surface area contributed by atoms with Gasteiger partial charge in [0, 0.05) is 12.6 Å². The summed E-state index contributed by atoms with van der Waals surface area (Å²) in [5, 5.41) is 3.23. The van der Waals surface area contributed by atoms with Crippen LogP contribution in [0.2, 0.25) is 0 Å². The van der Waals surface area contributed by atoms with Crippen LogP contribution in [0.25, 0.3) is 0 Å². The lowest BCUT2D eigenvalue weighted by Gasteiger charge is -2.23. The average Bonchev–Trinajstić information content (AvgIpc) is 2.19. The van der Waals surface area contributed by atoms with Gasteiger partial charge in [-0.05, 0) is 19.4 Å². The van der Waals surface area contributed by atoms with E-state index in [9.17, 15) is 4.39 Å². The maximum atomic E-state index is 12.8. The molecule has 1 N–H and O–H groups in total. The molecule has 0 aromatic carbocycles. The molecule has 0 aliphatic carbocycles. The molecule has 1 atom stereocenters. The Bertz CT molecular complexity index is 300. The molecule has 0 bridgehead atoms. The number of pyridine rings is 1. The Balaban J connectivity index is 1.95. The summed E-state index contributed by atoms with van der Waals surface area (Å²) in [7, 11) is 0. The maximum absolute atomic E-state index is 12.8. The van der Waals surface area contributed by atoms with E-state index < -0.39 is 0 Å². The van der Waals surface area contributed by atoms with Crippen molar-refractivity contribution in [3.63, 3.8) is 0 Å². The van der Waals surface area contributed by atoms with Gasteiger partial charge in [0.05, 0.1) is 12.4 Å². The lowest BCUT2D eigenvalue weighted by molar-refractivity contribution is 0.166. The molecule has 1 aromatic rings. The van der Waals surface area contributed by atoms with E-state index in [0.717, 1.165) is 25.9 Å². The van der Waals surface area contributed by atoms with Crippen molar-refractivity contribution < 1.29 is 9.13 Å². The van der Waals surface area contributed by atoms with Gasteiger partial charge in [-0.15, -0.1) is 0 Å². The highest BCUT2D eigenvalue weighted by molar-refractivity contribution is 5.17. The largest absolute Gasteiger partial charge is 0.487 e. The topological polar surface area (TPSA) is 34.1 Å². The lowest BCUT2D eigenvalue weighted by Crippen LogP contribution is -2.37. The van der Waals surface area contributed by atoms with Crippen LogP contribution in [-0.2, 0) is 0 Å². The molecule has 2 rings (SSSR count). The summed E-state index contributed by atoms with van der Waals surface area (Å²) in [4.78, 5) is 3.73. The quantitative estimate of drug-likeness (QED) is 0.775. The Morgan fingerprint density at radius 1 is 1.50 bits per heavy atom. The third-order valence-corrected chi connectivity index (χ3v) is 2.23. The molecule has 1 saturated heterocycles. The number of rotatable bonds is 2. The number of nitrogens with one attached hydrogen (secondary N) is 1. The van der Waals surface area contributed by atoms with Crippen LogP contribution in [0, 0.1) is 5.82 Å². The third-order valence-electron chi connectivity index (χ3n) is 2.23. The SMILES string of the molecule is Fc1cncc(O[C@H]2CCCNC2)c1. The molecule has 2 heterocycles. The van der Waals surface area contributed by atoms with E-state index in [1.54, 1.807) is 0 Å². The van der Waals surface area contributed by atoms with Crippen LogP contribution >= 0.6 is 0 Å². The Kier molecular flexibility index (Phi) is 2.93. The predicted octanol–water partition coefficient (Wildman–Crippen LogP) is 1.35. The molecule has 1 aromatic heterocycles. The number of hydrogen-bond donors (Lipinski definition) is 1. The first kappa shape index (κ1) is 9.40. The zero-order chi connectivity index (χ0) is 9.80. The van der Waals surface area contributed by atoms with Crippen LogP contribution in [0.1, 0.15) is 12.8 Å². The van der Waals surface area contributed by atoms with Crippen molar-refractivity contribution in [2.45, 2.75) is 18.9 Å². The van der Waals surface area contributed by atoms with Crippen molar-refractivity contribution in [2.75, 3.05) is 13.1 Å². The van der Waals surface area contributed by atoms with Crippen molar-refractivity contribution in [3.05, 3.63) is 24.3 Å². The minimum atomic E-state index is -0.355. The van der Waals surface area contributed by atoms with Crippen molar-refractivity contribution in [1.82, 2.24) is 10.3 Å². The molecule has 0 radical (unpaired) electrons. The predicted molar refractivity (Wildman–Crippen MR) is 50.7 cm³/mol.